The molecule has 0 radical (unpaired) electrons. The van der Waals surface area contributed by atoms with Crippen molar-refractivity contribution >= 4 is 61.0 Å². The fourth-order valence-electron chi connectivity index (χ4n) is 3.97. The van der Waals surface area contributed by atoms with Gasteiger partial charge in [0.2, 0.25) is 0 Å². The minimum absolute atomic E-state index is 0.0543. The van der Waals surface area contributed by atoms with Gasteiger partial charge in [-0.25, -0.2) is 0 Å². The number of carbonyl (C=O) groups excluding carboxylic acids is 2. The van der Waals surface area contributed by atoms with Crippen molar-refractivity contribution in [3.63, 3.8) is 0 Å². The Bertz CT molecular complexity index is 1090. The van der Waals surface area contributed by atoms with Crippen LogP contribution in [-0.2, 0) is 16.1 Å². The lowest BCUT2D eigenvalue weighted by molar-refractivity contribution is -0.149. The first-order chi connectivity index (χ1) is 14.5. The molecule has 1 atom stereocenters. The Kier molecular flexibility index (Phi) is 6.51. The highest BCUT2D eigenvalue weighted by atomic mass is 79.9. The number of piperidine rings is 1. The van der Waals surface area contributed by atoms with Crippen molar-refractivity contribution in [2.45, 2.75) is 26.3 Å². The number of thiophene rings is 1. The molecule has 1 fully saturated rings. The molecule has 1 amide bonds. The van der Waals surface area contributed by atoms with E-state index in [1.165, 1.54) is 0 Å². The van der Waals surface area contributed by atoms with E-state index in [1.807, 2.05) is 40.3 Å². The number of ether oxygens (including phenoxy) is 1. The number of aromatic nitrogens is 1. The molecule has 30 heavy (non-hydrogen) atoms. The first-order valence-corrected chi connectivity index (χ1v) is 12.0. The number of benzene rings is 1. The summed E-state index contributed by atoms with van der Waals surface area (Å²) in [6.45, 7) is 3.74. The number of nitrogens with zero attached hydrogens (tertiary/aromatic N) is 2. The highest BCUT2D eigenvalue weighted by molar-refractivity contribution is 9.10. The third-order valence-corrected chi connectivity index (χ3v) is 7.42. The topological polar surface area (TPSA) is 51.5 Å². The molecule has 0 spiro atoms. The third-order valence-electron chi connectivity index (χ3n) is 5.35. The van der Waals surface area contributed by atoms with Crippen LogP contribution in [0.4, 0.5) is 0 Å². The van der Waals surface area contributed by atoms with Crippen LogP contribution < -0.4 is 0 Å². The first-order valence-electron chi connectivity index (χ1n) is 9.94. The fourth-order valence-corrected chi connectivity index (χ4v) is 5.87. The van der Waals surface area contributed by atoms with Crippen LogP contribution in [0.2, 0.25) is 5.02 Å². The number of amides is 1. The molecule has 1 aromatic carbocycles. The molecule has 3 heterocycles. The largest absolute Gasteiger partial charge is 0.466 e. The van der Waals surface area contributed by atoms with E-state index < -0.39 is 0 Å². The van der Waals surface area contributed by atoms with Gasteiger partial charge >= 0.3 is 5.97 Å². The molecule has 0 N–H and O–H groups in total. The van der Waals surface area contributed by atoms with E-state index in [2.05, 4.69) is 15.9 Å². The Hall–Kier alpha value is -1.83. The van der Waals surface area contributed by atoms with Gasteiger partial charge in [0.25, 0.3) is 5.91 Å². The maximum Gasteiger partial charge on any atom is 0.310 e. The van der Waals surface area contributed by atoms with E-state index in [0.717, 1.165) is 33.1 Å². The van der Waals surface area contributed by atoms with E-state index in [1.54, 1.807) is 23.2 Å². The molecule has 1 saturated heterocycles. The quantitative estimate of drug-likeness (QED) is 0.422. The first kappa shape index (κ1) is 21.4. The van der Waals surface area contributed by atoms with Gasteiger partial charge in [-0.05, 0) is 59.5 Å². The number of carbonyl (C=O) groups is 2. The molecule has 0 unspecified atom stereocenters. The van der Waals surface area contributed by atoms with Gasteiger partial charge in [-0.15, -0.1) is 11.3 Å². The fraction of sp³-hybridized carbons (Fsp3) is 0.364. The second kappa shape index (κ2) is 9.12. The molecule has 0 bridgehead atoms. The van der Waals surface area contributed by atoms with Crippen LogP contribution >= 0.6 is 38.9 Å². The van der Waals surface area contributed by atoms with Crippen LogP contribution in [0.1, 0.15) is 35.8 Å². The van der Waals surface area contributed by atoms with E-state index >= 15 is 0 Å². The smallest absolute Gasteiger partial charge is 0.310 e. The Morgan fingerprint density at radius 2 is 2.17 bits per heavy atom. The average molecular weight is 510 g/mol. The predicted molar refractivity (Wildman–Crippen MR) is 123 cm³/mol. The second-order valence-electron chi connectivity index (χ2n) is 7.38. The zero-order valence-corrected chi connectivity index (χ0v) is 19.7. The third kappa shape index (κ3) is 4.29. The summed E-state index contributed by atoms with van der Waals surface area (Å²) in [6.07, 6.45) is 1.55. The van der Waals surface area contributed by atoms with Gasteiger partial charge in [0, 0.05) is 30.0 Å². The summed E-state index contributed by atoms with van der Waals surface area (Å²) in [5, 5.41) is 2.70. The van der Waals surface area contributed by atoms with Crippen LogP contribution in [0.5, 0.6) is 0 Å². The van der Waals surface area contributed by atoms with Crippen LogP contribution in [-0.4, -0.2) is 41.0 Å². The van der Waals surface area contributed by atoms with Gasteiger partial charge in [0.1, 0.15) is 5.69 Å². The normalized spacial score (nSPS) is 16.8. The summed E-state index contributed by atoms with van der Waals surface area (Å²) < 4.78 is 9.23. The molecule has 0 aliphatic carbocycles. The van der Waals surface area contributed by atoms with Gasteiger partial charge < -0.3 is 14.2 Å². The minimum Gasteiger partial charge on any atom is -0.466 e. The number of esters is 1. The summed E-state index contributed by atoms with van der Waals surface area (Å²) in [7, 11) is 0. The Morgan fingerprint density at radius 1 is 1.33 bits per heavy atom. The van der Waals surface area contributed by atoms with Crippen molar-refractivity contribution in [2.75, 3.05) is 19.7 Å². The van der Waals surface area contributed by atoms with E-state index in [0.29, 0.717) is 37.0 Å². The van der Waals surface area contributed by atoms with Gasteiger partial charge in [0.05, 0.1) is 27.2 Å². The Balaban J connectivity index is 1.66. The second-order valence-corrected chi connectivity index (χ2v) is 9.59. The maximum absolute atomic E-state index is 13.5. The molecule has 1 aliphatic rings. The van der Waals surface area contributed by atoms with Gasteiger partial charge in [-0.2, -0.15) is 0 Å². The molecular weight excluding hydrogens is 488 g/mol. The molecule has 1 aliphatic heterocycles. The molecule has 5 nitrogen and oxygen atoms in total. The lowest BCUT2D eigenvalue weighted by Crippen LogP contribution is -2.43. The summed E-state index contributed by atoms with van der Waals surface area (Å²) >= 11 is 11.4. The molecule has 8 heteroatoms. The summed E-state index contributed by atoms with van der Waals surface area (Å²) in [4.78, 5) is 27.5. The van der Waals surface area contributed by atoms with E-state index in [4.69, 9.17) is 16.3 Å². The SMILES string of the molecule is CCOC(=O)[C@@H]1CCCN(C(=O)c2cc3scc(Br)c3n2Cc2cccc(Cl)c2)C1. The zero-order valence-electron chi connectivity index (χ0n) is 16.6. The van der Waals surface area contributed by atoms with Crippen molar-refractivity contribution in [3.8, 4) is 0 Å². The number of likely N-dealkylation sites (tertiary alicyclic amines) is 1. The highest BCUT2D eigenvalue weighted by Gasteiger charge is 2.31. The predicted octanol–water partition coefficient (Wildman–Crippen LogP) is 5.58. The summed E-state index contributed by atoms with van der Waals surface area (Å²) in [5.41, 5.74) is 2.65. The van der Waals surface area contributed by atoms with Gasteiger partial charge in [-0.3, -0.25) is 9.59 Å². The van der Waals surface area contributed by atoms with Gasteiger partial charge in [-0.1, -0.05) is 23.7 Å². The van der Waals surface area contributed by atoms with Crippen molar-refractivity contribution in [3.05, 3.63) is 56.5 Å². The minimum atomic E-state index is -0.258. The van der Waals surface area contributed by atoms with Crippen molar-refractivity contribution < 1.29 is 14.3 Å². The lowest BCUT2D eigenvalue weighted by atomic mass is 9.98. The number of hydrogen-bond donors (Lipinski definition) is 0. The Labute approximate surface area is 192 Å². The van der Waals surface area contributed by atoms with Gasteiger partial charge in [0.15, 0.2) is 0 Å². The molecular formula is C22H22BrClN2O3S. The molecule has 2 aromatic heterocycles. The Morgan fingerprint density at radius 3 is 2.93 bits per heavy atom. The van der Waals surface area contributed by atoms with Crippen LogP contribution in [0.3, 0.4) is 0 Å². The monoisotopic (exact) mass is 508 g/mol. The zero-order chi connectivity index (χ0) is 21.3. The number of rotatable bonds is 5. The summed E-state index contributed by atoms with van der Waals surface area (Å²) in [6, 6.07) is 9.62. The molecule has 4 rings (SSSR count). The number of fused-ring (bicyclic) bond motifs is 1. The van der Waals surface area contributed by atoms with Crippen molar-refractivity contribution in [1.82, 2.24) is 9.47 Å². The van der Waals surface area contributed by atoms with Crippen molar-refractivity contribution in [2.24, 2.45) is 5.92 Å². The molecule has 3 aromatic rings. The van der Waals surface area contributed by atoms with E-state index in [-0.39, 0.29) is 17.8 Å². The average Bonchev–Trinajstić information content (AvgIpc) is 3.28. The molecule has 0 saturated carbocycles. The highest BCUT2D eigenvalue weighted by Crippen LogP contribution is 2.35. The standard InChI is InChI=1S/C22H22BrClN2O3S/c1-2-29-22(28)15-6-4-8-25(12-15)21(27)18-10-19-20(17(23)13-30-19)26(18)11-14-5-3-7-16(24)9-14/h3,5,7,9-10,13,15H,2,4,6,8,11-12H2,1H3/t15-/m1/s1. The van der Waals surface area contributed by atoms with Crippen LogP contribution in [0.15, 0.2) is 40.2 Å². The summed E-state index contributed by atoms with van der Waals surface area (Å²) in [5.74, 6) is -0.527. The van der Waals surface area contributed by atoms with Crippen LogP contribution in [0.25, 0.3) is 10.2 Å². The number of hydrogen-bond acceptors (Lipinski definition) is 4. The van der Waals surface area contributed by atoms with Crippen LogP contribution in [0, 0.1) is 5.92 Å². The van der Waals surface area contributed by atoms with Crippen molar-refractivity contribution in [1.29, 1.82) is 0 Å². The molecule has 158 valence electrons. The maximum atomic E-state index is 13.5. The lowest BCUT2D eigenvalue weighted by Gasteiger charge is -2.31. The van der Waals surface area contributed by atoms with E-state index in [9.17, 15) is 9.59 Å². The number of halogens is 2.